The van der Waals surface area contributed by atoms with Crippen molar-refractivity contribution in [2.75, 3.05) is 20.3 Å². The number of amides is 2. The fourth-order valence-electron chi connectivity index (χ4n) is 2.04. The van der Waals surface area contributed by atoms with E-state index in [9.17, 15) is 14.4 Å². The highest BCUT2D eigenvalue weighted by Crippen LogP contribution is 2.16. The quantitative estimate of drug-likeness (QED) is 0.469. The molecular weight excluding hydrogens is 432 g/mol. The number of carbonyl (C=O) groups excluding carboxylic acids is 3. The van der Waals surface area contributed by atoms with Gasteiger partial charge >= 0.3 is 5.97 Å². The van der Waals surface area contributed by atoms with E-state index in [0.717, 1.165) is 4.47 Å². The fraction of sp³-hybridized carbons (Fsp3) is 0.211. The maximum absolute atomic E-state index is 11.8. The Bertz CT molecular complexity index is 825. The molecule has 0 unspecified atom stereocenters. The molecule has 2 aromatic rings. The summed E-state index contributed by atoms with van der Waals surface area (Å²) in [6.45, 7) is -0.797. The monoisotopic (exact) mass is 450 g/mol. The van der Waals surface area contributed by atoms with Crippen molar-refractivity contribution in [3.05, 3.63) is 58.6 Å². The molecule has 0 heterocycles. The number of methoxy groups -OCH3 is 1. The summed E-state index contributed by atoms with van der Waals surface area (Å²) < 4.78 is 16.1. The summed E-state index contributed by atoms with van der Waals surface area (Å²) in [7, 11) is 1.53. The van der Waals surface area contributed by atoms with Gasteiger partial charge < -0.3 is 14.2 Å². The summed E-state index contributed by atoms with van der Waals surface area (Å²) >= 11 is 3.29. The maximum Gasteiger partial charge on any atom is 0.310 e. The van der Waals surface area contributed by atoms with E-state index in [1.165, 1.54) is 7.11 Å². The zero-order valence-corrected chi connectivity index (χ0v) is 16.7. The van der Waals surface area contributed by atoms with Gasteiger partial charge in [-0.15, -0.1) is 0 Å². The largest absolute Gasteiger partial charge is 0.497 e. The van der Waals surface area contributed by atoms with Crippen LogP contribution in [-0.2, 0) is 25.5 Å². The molecule has 0 saturated carbocycles. The molecule has 9 heteroatoms. The summed E-state index contributed by atoms with van der Waals surface area (Å²) in [5.74, 6) is -0.671. The van der Waals surface area contributed by atoms with Crippen LogP contribution in [0.4, 0.5) is 0 Å². The third kappa shape index (κ3) is 7.67. The van der Waals surface area contributed by atoms with Crippen molar-refractivity contribution in [3.63, 3.8) is 0 Å². The van der Waals surface area contributed by atoms with Gasteiger partial charge in [0, 0.05) is 4.47 Å². The summed E-state index contributed by atoms with van der Waals surface area (Å²) in [4.78, 5) is 35.1. The van der Waals surface area contributed by atoms with Gasteiger partial charge in [0.05, 0.1) is 13.5 Å². The van der Waals surface area contributed by atoms with Crippen molar-refractivity contribution in [3.8, 4) is 11.5 Å². The maximum atomic E-state index is 11.8. The number of hydrogen-bond donors (Lipinski definition) is 2. The molecular formula is C19H19BrN2O6. The Morgan fingerprint density at radius 2 is 1.61 bits per heavy atom. The van der Waals surface area contributed by atoms with Crippen molar-refractivity contribution in [1.82, 2.24) is 10.9 Å². The number of ether oxygens (including phenoxy) is 3. The minimum absolute atomic E-state index is 0.00211. The Hall–Kier alpha value is -3.07. The lowest BCUT2D eigenvalue weighted by molar-refractivity contribution is -0.148. The number of benzene rings is 2. The van der Waals surface area contributed by atoms with Gasteiger partial charge in [-0.05, 0) is 42.0 Å². The van der Waals surface area contributed by atoms with Gasteiger partial charge in [-0.3, -0.25) is 25.2 Å². The van der Waals surface area contributed by atoms with Crippen molar-refractivity contribution < 1.29 is 28.6 Å². The highest BCUT2D eigenvalue weighted by molar-refractivity contribution is 9.10. The van der Waals surface area contributed by atoms with Crippen LogP contribution in [0.25, 0.3) is 0 Å². The molecule has 0 atom stereocenters. The molecule has 0 aliphatic rings. The molecule has 0 bridgehead atoms. The summed E-state index contributed by atoms with van der Waals surface area (Å²) in [5.41, 5.74) is 5.01. The van der Waals surface area contributed by atoms with E-state index in [1.54, 1.807) is 48.5 Å². The van der Waals surface area contributed by atoms with Gasteiger partial charge in [-0.25, -0.2) is 0 Å². The molecule has 28 heavy (non-hydrogen) atoms. The van der Waals surface area contributed by atoms with Gasteiger partial charge in [0.15, 0.2) is 13.2 Å². The molecule has 2 aromatic carbocycles. The minimum atomic E-state index is -0.670. The number of esters is 1. The lowest BCUT2D eigenvalue weighted by atomic mass is 10.1. The van der Waals surface area contributed by atoms with Gasteiger partial charge in [0.25, 0.3) is 11.8 Å². The lowest BCUT2D eigenvalue weighted by Crippen LogP contribution is -2.45. The smallest absolute Gasteiger partial charge is 0.310 e. The Labute approximate surface area is 170 Å². The second-order valence-corrected chi connectivity index (χ2v) is 6.44. The Kier molecular flexibility index (Phi) is 8.29. The average Bonchev–Trinajstić information content (AvgIpc) is 2.70. The van der Waals surface area contributed by atoms with Crippen LogP contribution >= 0.6 is 15.9 Å². The van der Waals surface area contributed by atoms with Crippen molar-refractivity contribution in [2.45, 2.75) is 6.42 Å². The second kappa shape index (κ2) is 10.9. The van der Waals surface area contributed by atoms with Crippen LogP contribution in [0, 0.1) is 0 Å². The number of nitrogens with one attached hydrogen (secondary N) is 2. The third-order valence-electron chi connectivity index (χ3n) is 3.37. The van der Waals surface area contributed by atoms with E-state index in [-0.39, 0.29) is 13.0 Å². The van der Waals surface area contributed by atoms with E-state index in [0.29, 0.717) is 17.1 Å². The summed E-state index contributed by atoms with van der Waals surface area (Å²) in [6.07, 6.45) is -0.00211. The molecule has 2 N–H and O–H groups in total. The van der Waals surface area contributed by atoms with Gasteiger partial charge in [0.1, 0.15) is 11.5 Å². The predicted molar refractivity (Wildman–Crippen MR) is 104 cm³/mol. The zero-order chi connectivity index (χ0) is 20.4. The second-order valence-electron chi connectivity index (χ2n) is 5.53. The Morgan fingerprint density at radius 1 is 0.929 bits per heavy atom. The number of rotatable bonds is 8. The molecule has 0 aliphatic carbocycles. The SMILES string of the molecule is COc1cccc(CC(=O)OCC(=O)NNC(=O)COc2ccc(Br)cc2)c1. The topological polar surface area (TPSA) is 103 Å². The van der Waals surface area contributed by atoms with E-state index in [1.807, 2.05) is 0 Å². The van der Waals surface area contributed by atoms with Crippen LogP contribution in [0.15, 0.2) is 53.0 Å². The predicted octanol–water partition coefficient (Wildman–Crippen LogP) is 1.77. The van der Waals surface area contributed by atoms with Crippen LogP contribution < -0.4 is 20.3 Å². The van der Waals surface area contributed by atoms with Crippen molar-refractivity contribution in [2.24, 2.45) is 0 Å². The van der Waals surface area contributed by atoms with E-state index < -0.39 is 24.4 Å². The molecule has 0 fully saturated rings. The number of hydrogen-bond acceptors (Lipinski definition) is 6. The van der Waals surface area contributed by atoms with Crippen LogP contribution in [0.3, 0.4) is 0 Å². The van der Waals surface area contributed by atoms with Gasteiger partial charge in [-0.2, -0.15) is 0 Å². The van der Waals surface area contributed by atoms with E-state index in [4.69, 9.17) is 14.2 Å². The highest BCUT2D eigenvalue weighted by atomic mass is 79.9. The molecule has 0 aliphatic heterocycles. The molecule has 2 rings (SSSR count). The highest BCUT2D eigenvalue weighted by Gasteiger charge is 2.10. The standard InChI is InChI=1S/C19H19BrN2O6/c1-26-16-4-2-3-13(9-16)10-19(25)28-12-18(24)22-21-17(23)11-27-15-7-5-14(20)6-8-15/h2-9H,10-12H2,1H3,(H,21,23)(H,22,24). The van der Waals surface area contributed by atoms with E-state index >= 15 is 0 Å². The Balaban J connectivity index is 1.64. The van der Waals surface area contributed by atoms with Crippen LogP contribution in [-0.4, -0.2) is 38.1 Å². The Morgan fingerprint density at radius 3 is 2.29 bits per heavy atom. The molecule has 8 nitrogen and oxygen atoms in total. The van der Waals surface area contributed by atoms with Crippen molar-refractivity contribution in [1.29, 1.82) is 0 Å². The molecule has 2 amide bonds. The van der Waals surface area contributed by atoms with Crippen molar-refractivity contribution >= 4 is 33.7 Å². The molecule has 0 aromatic heterocycles. The summed E-state index contributed by atoms with van der Waals surface area (Å²) in [6, 6.07) is 13.9. The van der Waals surface area contributed by atoms with Crippen LogP contribution in [0.2, 0.25) is 0 Å². The fourth-order valence-corrected chi connectivity index (χ4v) is 2.30. The number of carbonyl (C=O) groups is 3. The first-order valence-electron chi connectivity index (χ1n) is 8.21. The van der Waals surface area contributed by atoms with E-state index in [2.05, 4.69) is 26.8 Å². The first kappa shape index (κ1) is 21.2. The molecule has 0 radical (unpaired) electrons. The number of hydrazine groups is 1. The number of halogens is 1. The van der Waals surface area contributed by atoms with Crippen LogP contribution in [0.1, 0.15) is 5.56 Å². The normalized spacial score (nSPS) is 9.93. The van der Waals surface area contributed by atoms with Crippen LogP contribution in [0.5, 0.6) is 11.5 Å². The summed E-state index contributed by atoms with van der Waals surface area (Å²) in [5, 5.41) is 0. The minimum Gasteiger partial charge on any atom is -0.497 e. The molecule has 148 valence electrons. The third-order valence-corrected chi connectivity index (χ3v) is 3.90. The van der Waals surface area contributed by atoms with Gasteiger partial charge in [0.2, 0.25) is 0 Å². The molecule has 0 saturated heterocycles. The molecule has 0 spiro atoms. The first-order valence-corrected chi connectivity index (χ1v) is 9.00. The average molecular weight is 451 g/mol. The lowest BCUT2D eigenvalue weighted by Gasteiger charge is -2.09. The first-order chi connectivity index (χ1) is 13.5. The zero-order valence-electron chi connectivity index (χ0n) is 15.1. The van der Waals surface area contributed by atoms with Gasteiger partial charge in [-0.1, -0.05) is 28.1 Å².